The highest BCUT2D eigenvalue weighted by molar-refractivity contribution is 5.94. The number of carboxylic acid groups (broad SMARTS) is 1. The lowest BCUT2D eigenvalue weighted by Gasteiger charge is -2.37. The summed E-state index contributed by atoms with van der Waals surface area (Å²) in [5.74, 6) is -1.34. The molecule has 6 nitrogen and oxygen atoms in total. The molecule has 1 aliphatic rings. The minimum absolute atomic E-state index is 0.0572. The minimum Gasteiger partial charge on any atom is -0.481 e. The number of piperidine rings is 1. The predicted molar refractivity (Wildman–Crippen MR) is 69.6 cm³/mol. The van der Waals surface area contributed by atoms with Crippen LogP contribution in [0.4, 0.5) is 4.79 Å². The fourth-order valence-electron chi connectivity index (χ4n) is 2.26. The summed E-state index contributed by atoms with van der Waals surface area (Å²) in [6.45, 7) is 5.50. The number of urea groups is 1. The number of carbonyl (C=O) groups is 3. The van der Waals surface area contributed by atoms with Gasteiger partial charge in [0.15, 0.2) is 0 Å². The summed E-state index contributed by atoms with van der Waals surface area (Å²) in [6.07, 6.45) is 2.27. The molecule has 0 saturated carbocycles. The second-order valence-corrected chi connectivity index (χ2v) is 5.79. The molecule has 108 valence electrons. The van der Waals surface area contributed by atoms with E-state index >= 15 is 0 Å². The number of carboxylic acids is 1. The largest absolute Gasteiger partial charge is 0.481 e. The number of amides is 3. The highest BCUT2D eigenvalue weighted by Gasteiger charge is 2.29. The molecule has 0 atom stereocenters. The van der Waals surface area contributed by atoms with Crippen molar-refractivity contribution in [1.29, 1.82) is 0 Å². The molecule has 2 N–H and O–H groups in total. The molecule has 6 heteroatoms. The zero-order valence-corrected chi connectivity index (χ0v) is 11.6. The topological polar surface area (TPSA) is 86.7 Å². The SMILES string of the molecule is CC1(C)CCCN(C(=O)NC(=O)CCCC(=O)O)C1. The van der Waals surface area contributed by atoms with Crippen molar-refractivity contribution in [3.8, 4) is 0 Å². The van der Waals surface area contributed by atoms with Crippen LogP contribution in [0.15, 0.2) is 0 Å². The molecule has 1 rings (SSSR count). The van der Waals surface area contributed by atoms with E-state index in [0.717, 1.165) is 12.8 Å². The first-order chi connectivity index (χ1) is 8.80. The van der Waals surface area contributed by atoms with Crippen molar-refractivity contribution in [2.45, 2.75) is 46.0 Å². The van der Waals surface area contributed by atoms with Crippen molar-refractivity contribution in [3.63, 3.8) is 0 Å². The first-order valence-corrected chi connectivity index (χ1v) is 6.61. The van der Waals surface area contributed by atoms with E-state index in [1.54, 1.807) is 4.90 Å². The first kappa shape index (κ1) is 15.5. The minimum atomic E-state index is -0.933. The Balaban J connectivity index is 2.33. The van der Waals surface area contributed by atoms with Gasteiger partial charge in [0.25, 0.3) is 0 Å². The van der Waals surface area contributed by atoms with Gasteiger partial charge in [-0.2, -0.15) is 0 Å². The molecule has 0 aromatic rings. The summed E-state index contributed by atoms with van der Waals surface area (Å²) >= 11 is 0. The van der Waals surface area contributed by atoms with E-state index in [-0.39, 0.29) is 30.7 Å². The molecule has 0 bridgehead atoms. The molecule has 0 unspecified atom stereocenters. The van der Waals surface area contributed by atoms with Crippen molar-refractivity contribution in [2.24, 2.45) is 5.41 Å². The van der Waals surface area contributed by atoms with Crippen molar-refractivity contribution >= 4 is 17.9 Å². The Kier molecular flexibility index (Phi) is 5.32. The van der Waals surface area contributed by atoms with E-state index in [0.29, 0.717) is 13.1 Å². The second-order valence-electron chi connectivity index (χ2n) is 5.79. The molecule has 1 saturated heterocycles. The van der Waals surface area contributed by atoms with Crippen LogP contribution in [0, 0.1) is 5.41 Å². The summed E-state index contributed by atoms with van der Waals surface area (Å²) in [5.41, 5.74) is 0.0853. The lowest BCUT2D eigenvalue weighted by molar-refractivity contribution is -0.137. The second kappa shape index (κ2) is 6.54. The van der Waals surface area contributed by atoms with Gasteiger partial charge in [-0.3, -0.25) is 14.9 Å². The van der Waals surface area contributed by atoms with Crippen LogP contribution >= 0.6 is 0 Å². The number of likely N-dealkylation sites (tertiary alicyclic amines) is 1. The third-order valence-electron chi connectivity index (χ3n) is 3.23. The number of nitrogens with one attached hydrogen (secondary N) is 1. The smallest absolute Gasteiger partial charge is 0.324 e. The Morgan fingerprint density at radius 2 is 1.95 bits per heavy atom. The lowest BCUT2D eigenvalue weighted by Crippen LogP contribution is -2.49. The number of carbonyl (C=O) groups excluding carboxylic acids is 2. The molecule has 19 heavy (non-hydrogen) atoms. The maximum atomic E-state index is 11.9. The number of hydrogen-bond donors (Lipinski definition) is 2. The number of nitrogens with zero attached hydrogens (tertiary/aromatic N) is 1. The summed E-state index contributed by atoms with van der Waals surface area (Å²) in [7, 11) is 0. The van der Waals surface area contributed by atoms with E-state index in [1.807, 2.05) is 0 Å². The average Bonchev–Trinajstić information content (AvgIpc) is 2.26. The van der Waals surface area contributed by atoms with Crippen LogP contribution in [0.2, 0.25) is 0 Å². The number of rotatable bonds is 4. The molecular formula is C13H22N2O4. The normalized spacial score (nSPS) is 17.9. The van der Waals surface area contributed by atoms with Gasteiger partial charge in [0.05, 0.1) is 0 Å². The van der Waals surface area contributed by atoms with Crippen LogP contribution in [0.5, 0.6) is 0 Å². The highest BCUT2D eigenvalue weighted by Crippen LogP contribution is 2.28. The van der Waals surface area contributed by atoms with Gasteiger partial charge >= 0.3 is 12.0 Å². The molecule has 0 aliphatic carbocycles. The zero-order chi connectivity index (χ0) is 14.5. The molecule has 0 aromatic heterocycles. The number of imide groups is 1. The van der Waals surface area contributed by atoms with Crippen LogP contribution in [-0.2, 0) is 9.59 Å². The third-order valence-corrected chi connectivity index (χ3v) is 3.23. The Morgan fingerprint density at radius 3 is 2.53 bits per heavy atom. The molecule has 0 radical (unpaired) electrons. The first-order valence-electron chi connectivity index (χ1n) is 6.61. The van der Waals surface area contributed by atoms with Gasteiger partial charge in [-0.05, 0) is 24.7 Å². The summed E-state index contributed by atoms with van der Waals surface area (Å²) in [6, 6.07) is -0.367. The zero-order valence-electron chi connectivity index (χ0n) is 11.6. The third kappa shape index (κ3) is 5.72. The summed E-state index contributed by atoms with van der Waals surface area (Å²) < 4.78 is 0. The van der Waals surface area contributed by atoms with Crippen molar-refractivity contribution < 1.29 is 19.5 Å². The molecular weight excluding hydrogens is 248 g/mol. The van der Waals surface area contributed by atoms with Gasteiger partial charge in [0.1, 0.15) is 0 Å². The van der Waals surface area contributed by atoms with Gasteiger partial charge in [0.2, 0.25) is 5.91 Å². The fraction of sp³-hybridized carbons (Fsp3) is 0.769. The van der Waals surface area contributed by atoms with Crippen molar-refractivity contribution in [1.82, 2.24) is 10.2 Å². The van der Waals surface area contributed by atoms with Crippen LogP contribution in [0.25, 0.3) is 0 Å². The van der Waals surface area contributed by atoms with Crippen LogP contribution in [0.1, 0.15) is 46.0 Å². The molecule has 0 aromatic carbocycles. The number of hydrogen-bond acceptors (Lipinski definition) is 3. The van der Waals surface area contributed by atoms with Crippen molar-refractivity contribution in [2.75, 3.05) is 13.1 Å². The summed E-state index contributed by atoms with van der Waals surface area (Å²) in [4.78, 5) is 35.3. The molecule has 1 fully saturated rings. The van der Waals surface area contributed by atoms with Gasteiger partial charge in [-0.1, -0.05) is 13.8 Å². The predicted octanol–water partition coefficient (Wildman–Crippen LogP) is 1.60. The van der Waals surface area contributed by atoms with Gasteiger partial charge in [-0.15, -0.1) is 0 Å². The van der Waals surface area contributed by atoms with Crippen molar-refractivity contribution in [3.05, 3.63) is 0 Å². The lowest BCUT2D eigenvalue weighted by atomic mass is 9.84. The van der Waals surface area contributed by atoms with E-state index < -0.39 is 11.9 Å². The Labute approximate surface area is 113 Å². The van der Waals surface area contributed by atoms with Crippen LogP contribution < -0.4 is 5.32 Å². The Bertz CT molecular complexity index is 366. The quantitative estimate of drug-likeness (QED) is 0.812. The Morgan fingerprint density at radius 1 is 1.26 bits per heavy atom. The van der Waals surface area contributed by atoms with Gasteiger partial charge in [-0.25, -0.2) is 4.79 Å². The molecule has 3 amide bonds. The molecule has 1 aliphatic heterocycles. The molecule has 1 heterocycles. The van der Waals surface area contributed by atoms with E-state index in [1.165, 1.54) is 0 Å². The summed E-state index contributed by atoms with van der Waals surface area (Å²) in [5, 5.41) is 10.8. The van der Waals surface area contributed by atoms with Crippen LogP contribution in [-0.4, -0.2) is 41.0 Å². The highest BCUT2D eigenvalue weighted by atomic mass is 16.4. The van der Waals surface area contributed by atoms with Crippen LogP contribution in [0.3, 0.4) is 0 Å². The van der Waals surface area contributed by atoms with E-state index in [4.69, 9.17) is 5.11 Å². The van der Waals surface area contributed by atoms with E-state index in [2.05, 4.69) is 19.2 Å². The Hall–Kier alpha value is -1.59. The number of aliphatic carboxylic acids is 1. The van der Waals surface area contributed by atoms with E-state index in [9.17, 15) is 14.4 Å². The maximum Gasteiger partial charge on any atom is 0.324 e. The van der Waals surface area contributed by atoms with Gasteiger partial charge in [0, 0.05) is 25.9 Å². The monoisotopic (exact) mass is 270 g/mol. The van der Waals surface area contributed by atoms with Gasteiger partial charge < -0.3 is 10.0 Å². The fourth-order valence-corrected chi connectivity index (χ4v) is 2.26. The molecule has 0 spiro atoms. The average molecular weight is 270 g/mol. The maximum absolute atomic E-state index is 11.9. The standard InChI is InChI=1S/C13H22N2O4/c1-13(2)7-4-8-15(9-13)12(19)14-10(16)5-3-6-11(17)18/h3-9H2,1-2H3,(H,17,18)(H,14,16,19).